The number of aryl methyl sites for hydroxylation is 3. The van der Waals surface area contributed by atoms with Crippen LogP contribution in [0, 0.1) is 20.8 Å². The number of thioether (sulfide) groups is 1. The number of aromatic nitrogens is 3. The normalized spacial score (nSPS) is 10.8. The monoisotopic (exact) mass is 354 g/mol. The van der Waals surface area contributed by atoms with Crippen LogP contribution in [0.2, 0.25) is 0 Å². The molecule has 3 aromatic rings. The highest BCUT2D eigenvalue weighted by Crippen LogP contribution is 2.22. The molecule has 0 saturated heterocycles. The molecule has 0 fully saturated rings. The zero-order valence-corrected chi connectivity index (χ0v) is 15.5. The fourth-order valence-corrected chi connectivity index (χ4v) is 3.44. The summed E-state index contributed by atoms with van der Waals surface area (Å²) in [6.45, 7) is 6.47. The minimum absolute atomic E-state index is 0.289. The molecule has 25 heavy (non-hydrogen) atoms. The number of ether oxygens (including phenoxy) is 1. The highest BCUT2D eigenvalue weighted by Gasteiger charge is 2.11. The van der Waals surface area contributed by atoms with E-state index in [1.54, 1.807) is 11.8 Å². The van der Waals surface area contributed by atoms with E-state index in [9.17, 15) is 0 Å². The van der Waals surface area contributed by atoms with Crippen LogP contribution >= 0.6 is 11.8 Å². The first kappa shape index (κ1) is 17.4. The largest absolute Gasteiger partial charge is 0.486 e. The Balaban J connectivity index is 1.62. The number of rotatable bonds is 6. The molecule has 1 heterocycles. The van der Waals surface area contributed by atoms with Gasteiger partial charge in [0.2, 0.25) is 5.16 Å². The van der Waals surface area contributed by atoms with Crippen LogP contribution in [0.15, 0.2) is 47.6 Å². The van der Waals surface area contributed by atoms with Crippen LogP contribution in [0.5, 0.6) is 5.75 Å². The predicted molar refractivity (Wildman–Crippen MR) is 101 cm³/mol. The number of nitrogens with zero attached hydrogens (tertiary/aromatic N) is 3. The van der Waals surface area contributed by atoms with Crippen molar-refractivity contribution >= 4 is 11.8 Å². The topological polar surface area (TPSA) is 66.0 Å². The lowest BCUT2D eigenvalue weighted by molar-refractivity contribution is 0.291. The second-order valence-corrected chi connectivity index (χ2v) is 7.10. The number of nitrogens with two attached hydrogens (primary N) is 1. The van der Waals surface area contributed by atoms with E-state index < -0.39 is 0 Å². The van der Waals surface area contributed by atoms with Gasteiger partial charge in [-0.2, -0.15) is 0 Å². The molecule has 0 unspecified atom stereocenters. The van der Waals surface area contributed by atoms with Crippen LogP contribution in [-0.4, -0.2) is 14.9 Å². The van der Waals surface area contributed by atoms with Crippen molar-refractivity contribution in [2.45, 2.75) is 38.3 Å². The molecule has 0 radical (unpaired) electrons. The van der Waals surface area contributed by atoms with E-state index in [1.807, 2.05) is 26.0 Å². The first-order valence-corrected chi connectivity index (χ1v) is 9.08. The smallest absolute Gasteiger partial charge is 0.210 e. The molecule has 6 heteroatoms. The van der Waals surface area contributed by atoms with Gasteiger partial charge in [0, 0.05) is 5.75 Å². The Morgan fingerprint density at radius 2 is 1.76 bits per heavy atom. The summed E-state index contributed by atoms with van der Waals surface area (Å²) in [7, 11) is 0. The molecule has 130 valence electrons. The van der Waals surface area contributed by atoms with Gasteiger partial charge in [0.25, 0.3) is 0 Å². The molecule has 0 bridgehead atoms. The predicted octanol–water partition coefficient (Wildman–Crippen LogP) is 3.79. The molecule has 2 aromatic carbocycles. The molecule has 0 spiro atoms. The van der Waals surface area contributed by atoms with E-state index in [0.717, 1.165) is 11.5 Å². The maximum absolute atomic E-state index is 6.11. The van der Waals surface area contributed by atoms with Crippen LogP contribution < -0.4 is 10.6 Å². The molecule has 3 rings (SSSR count). The summed E-state index contributed by atoms with van der Waals surface area (Å²) in [6.07, 6.45) is 0. The van der Waals surface area contributed by atoms with Gasteiger partial charge in [-0.15, -0.1) is 10.2 Å². The second kappa shape index (κ2) is 7.61. The number of hydrogen-bond donors (Lipinski definition) is 1. The summed E-state index contributed by atoms with van der Waals surface area (Å²) in [5.41, 5.74) is 4.81. The second-order valence-electron chi connectivity index (χ2n) is 6.16. The first-order chi connectivity index (χ1) is 12.0. The molecule has 1 aromatic heterocycles. The van der Waals surface area contributed by atoms with E-state index >= 15 is 0 Å². The van der Waals surface area contributed by atoms with Crippen LogP contribution in [0.3, 0.4) is 0 Å². The molecule has 0 aliphatic rings. The number of nitrogen functional groups attached to an aromatic ring is 1. The maximum Gasteiger partial charge on any atom is 0.210 e. The van der Waals surface area contributed by atoms with E-state index in [1.165, 1.54) is 26.9 Å². The Morgan fingerprint density at radius 1 is 1.00 bits per heavy atom. The molecule has 0 aliphatic carbocycles. The van der Waals surface area contributed by atoms with E-state index in [4.69, 9.17) is 10.6 Å². The minimum atomic E-state index is 0.289. The standard InChI is InChI=1S/C19H22N4OS/c1-13-5-4-6-16(8-13)12-25-19-22-21-18(23(19)20)11-24-17-9-14(2)7-15(3)10-17/h4-10H,11-12,20H2,1-3H3. The Labute approximate surface area is 152 Å². The molecule has 0 amide bonds. The fraction of sp³-hybridized carbons (Fsp3) is 0.263. The minimum Gasteiger partial charge on any atom is -0.486 e. The van der Waals surface area contributed by atoms with Crippen molar-refractivity contribution in [1.82, 2.24) is 14.9 Å². The van der Waals surface area contributed by atoms with Crippen molar-refractivity contribution < 1.29 is 4.74 Å². The fourth-order valence-electron chi connectivity index (χ4n) is 2.62. The first-order valence-electron chi connectivity index (χ1n) is 8.10. The quantitative estimate of drug-likeness (QED) is 0.539. The summed E-state index contributed by atoms with van der Waals surface area (Å²) >= 11 is 1.57. The third kappa shape index (κ3) is 4.54. The van der Waals surface area contributed by atoms with Crippen molar-refractivity contribution in [2.75, 3.05) is 5.84 Å². The lowest BCUT2D eigenvalue weighted by Crippen LogP contribution is -2.15. The Bertz CT molecular complexity index is 855. The van der Waals surface area contributed by atoms with Gasteiger partial charge in [-0.1, -0.05) is 47.7 Å². The van der Waals surface area contributed by atoms with Gasteiger partial charge in [-0.25, -0.2) is 4.68 Å². The number of hydrogen-bond acceptors (Lipinski definition) is 5. The highest BCUT2D eigenvalue weighted by molar-refractivity contribution is 7.98. The molecule has 0 saturated carbocycles. The van der Waals surface area contributed by atoms with Gasteiger partial charge in [-0.05, 0) is 49.6 Å². The van der Waals surface area contributed by atoms with Crippen molar-refractivity contribution in [3.63, 3.8) is 0 Å². The lowest BCUT2D eigenvalue weighted by atomic mass is 10.1. The van der Waals surface area contributed by atoms with Gasteiger partial charge in [-0.3, -0.25) is 0 Å². The van der Waals surface area contributed by atoms with E-state index in [2.05, 4.69) is 47.5 Å². The molecule has 5 nitrogen and oxygen atoms in total. The van der Waals surface area contributed by atoms with Crippen LogP contribution in [0.4, 0.5) is 0 Å². The van der Waals surface area contributed by atoms with E-state index in [0.29, 0.717) is 11.0 Å². The molecule has 0 aliphatic heterocycles. The highest BCUT2D eigenvalue weighted by atomic mass is 32.2. The lowest BCUT2D eigenvalue weighted by Gasteiger charge is -2.08. The maximum atomic E-state index is 6.11. The summed E-state index contributed by atoms with van der Waals surface area (Å²) in [4.78, 5) is 0. The Hall–Kier alpha value is -2.47. The third-order valence-electron chi connectivity index (χ3n) is 3.75. The van der Waals surface area contributed by atoms with Gasteiger partial charge in [0.05, 0.1) is 0 Å². The van der Waals surface area contributed by atoms with Gasteiger partial charge in [0.15, 0.2) is 5.82 Å². The van der Waals surface area contributed by atoms with Crippen LogP contribution in [-0.2, 0) is 12.4 Å². The van der Waals surface area contributed by atoms with Gasteiger partial charge >= 0.3 is 0 Å². The molecular formula is C19H22N4OS. The van der Waals surface area contributed by atoms with Gasteiger partial charge < -0.3 is 10.6 Å². The van der Waals surface area contributed by atoms with Crippen molar-refractivity contribution in [3.8, 4) is 5.75 Å². The average Bonchev–Trinajstić information content (AvgIpc) is 2.90. The summed E-state index contributed by atoms with van der Waals surface area (Å²) in [5, 5.41) is 9.00. The summed E-state index contributed by atoms with van der Waals surface area (Å²) in [6, 6.07) is 14.5. The van der Waals surface area contributed by atoms with Gasteiger partial charge in [0.1, 0.15) is 12.4 Å². The van der Waals surface area contributed by atoms with Crippen LogP contribution in [0.25, 0.3) is 0 Å². The van der Waals surface area contributed by atoms with Crippen LogP contribution in [0.1, 0.15) is 28.1 Å². The Morgan fingerprint density at radius 3 is 2.48 bits per heavy atom. The molecular weight excluding hydrogens is 332 g/mol. The zero-order chi connectivity index (χ0) is 17.8. The Kier molecular flexibility index (Phi) is 5.28. The summed E-state index contributed by atoms with van der Waals surface area (Å²) in [5.74, 6) is 8.33. The molecule has 0 atom stereocenters. The van der Waals surface area contributed by atoms with Crippen molar-refractivity contribution in [1.29, 1.82) is 0 Å². The van der Waals surface area contributed by atoms with Crippen molar-refractivity contribution in [2.24, 2.45) is 0 Å². The zero-order valence-electron chi connectivity index (χ0n) is 14.7. The SMILES string of the molecule is Cc1cccc(CSc2nnc(COc3cc(C)cc(C)c3)n2N)c1. The number of benzene rings is 2. The average molecular weight is 354 g/mol. The van der Waals surface area contributed by atoms with E-state index in [-0.39, 0.29) is 6.61 Å². The van der Waals surface area contributed by atoms with Crippen molar-refractivity contribution in [3.05, 3.63) is 70.5 Å². The molecule has 2 N–H and O–H groups in total. The third-order valence-corrected chi connectivity index (χ3v) is 4.76. The summed E-state index contributed by atoms with van der Waals surface area (Å²) < 4.78 is 7.32.